The van der Waals surface area contributed by atoms with Crippen molar-refractivity contribution in [3.8, 4) is 0 Å². The Kier molecular flexibility index (Phi) is 8.22. The Morgan fingerprint density at radius 2 is 1.87 bits per heavy atom. The highest BCUT2D eigenvalue weighted by molar-refractivity contribution is 7.90. The van der Waals surface area contributed by atoms with Gasteiger partial charge in [-0.1, -0.05) is 18.2 Å². The molecule has 0 unspecified atom stereocenters. The highest BCUT2D eigenvalue weighted by atomic mass is 32.2. The number of hydrogen-bond acceptors (Lipinski definition) is 5. The van der Waals surface area contributed by atoms with Crippen LogP contribution in [0.25, 0.3) is 0 Å². The van der Waals surface area contributed by atoms with Crippen LogP contribution in [0.1, 0.15) is 46.9 Å². The number of nitrogens with zero attached hydrogens (tertiary/aromatic N) is 3. The van der Waals surface area contributed by atoms with Gasteiger partial charge in [-0.05, 0) is 50.1 Å². The van der Waals surface area contributed by atoms with E-state index in [2.05, 4.69) is 4.98 Å². The summed E-state index contributed by atoms with van der Waals surface area (Å²) in [6.07, 6.45) is -1.89. The molecule has 1 atom stereocenters. The van der Waals surface area contributed by atoms with Crippen LogP contribution in [0.5, 0.6) is 0 Å². The number of rotatable bonds is 9. The molecular weight excluding hydrogens is 526 g/mol. The summed E-state index contributed by atoms with van der Waals surface area (Å²) in [4.78, 5) is 18.6. The number of hydrogen-bond donors (Lipinski definition) is 0. The maximum absolute atomic E-state index is 14.2. The van der Waals surface area contributed by atoms with Gasteiger partial charge in [0.25, 0.3) is 5.91 Å². The predicted octanol–water partition coefficient (Wildman–Crippen LogP) is 4.86. The van der Waals surface area contributed by atoms with E-state index in [1.165, 1.54) is 33.9 Å². The van der Waals surface area contributed by atoms with E-state index in [4.69, 9.17) is 4.74 Å². The second-order valence-corrected chi connectivity index (χ2v) is 10.9. The van der Waals surface area contributed by atoms with Crippen LogP contribution in [0.3, 0.4) is 0 Å². The standard InChI is InChI=1S/C26H27F4N3O4S/c1-2-32(24(34)18-9-11-20(12-10-18)26(28,29)30)15-21-14-31-25(33(21)16-22-7-5-13-37-22)38(35,36)17-19-6-3-4-8-23(19)27/h3-4,6,8-12,14,22H,2,5,7,13,15-17H2,1H3/t22-/m0/s1. The first kappa shape index (κ1) is 27.8. The summed E-state index contributed by atoms with van der Waals surface area (Å²) in [5.74, 6) is -1.75. The molecule has 0 aliphatic carbocycles. The average molecular weight is 554 g/mol. The number of aromatic nitrogens is 2. The molecule has 0 saturated carbocycles. The van der Waals surface area contributed by atoms with Crippen molar-refractivity contribution in [3.63, 3.8) is 0 Å². The van der Waals surface area contributed by atoms with Crippen molar-refractivity contribution < 1.29 is 35.5 Å². The number of amides is 1. The van der Waals surface area contributed by atoms with Crippen molar-refractivity contribution in [3.05, 3.63) is 82.9 Å². The number of sulfone groups is 1. The van der Waals surface area contributed by atoms with Crippen LogP contribution in [0.4, 0.5) is 17.6 Å². The van der Waals surface area contributed by atoms with Crippen molar-refractivity contribution in [1.82, 2.24) is 14.5 Å². The molecule has 4 rings (SSSR count). The van der Waals surface area contributed by atoms with Gasteiger partial charge in [0.2, 0.25) is 15.0 Å². The predicted molar refractivity (Wildman–Crippen MR) is 130 cm³/mol. The lowest BCUT2D eigenvalue weighted by Crippen LogP contribution is -2.32. The van der Waals surface area contributed by atoms with Gasteiger partial charge < -0.3 is 14.2 Å². The molecule has 2 heterocycles. The highest BCUT2D eigenvalue weighted by Gasteiger charge is 2.31. The van der Waals surface area contributed by atoms with E-state index >= 15 is 0 Å². The molecule has 204 valence electrons. The fourth-order valence-corrected chi connectivity index (χ4v) is 5.86. The summed E-state index contributed by atoms with van der Waals surface area (Å²) < 4.78 is 86.8. The van der Waals surface area contributed by atoms with Crippen molar-refractivity contribution in [2.75, 3.05) is 13.2 Å². The van der Waals surface area contributed by atoms with Gasteiger partial charge in [0, 0.05) is 24.3 Å². The summed E-state index contributed by atoms with van der Waals surface area (Å²) in [6, 6.07) is 9.50. The molecule has 0 N–H and O–H groups in total. The smallest absolute Gasteiger partial charge is 0.376 e. The van der Waals surface area contributed by atoms with Gasteiger partial charge in [0.15, 0.2) is 0 Å². The SMILES string of the molecule is CCN(Cc1cnc(S(=O)(=O)Cc2ccccc2F)n1C[C@@H]1CCCO1)C(=O)c1ccc(C(F)(F)F)cc1. The zero-order valence-electron chi connectivity index (χ0n) is 20.6. The second-order valence-electron chi connectivity index (χ2n) is 9.02. The lowest BCUT2D eigenvalue weighted by atomic mass is 10.1. The average Bonchev–Trinajstić information content (AvgIpc) is 3.54. The fraction of sp³-hybridized carbons (Fsp3) is 0.385. The van der Waals surface area contributed by atoms with Crippen molar-refractivity contribution in [1.29, 1.82) is 0 Å². The van der Waals surface area contributed by atoms with Crippen LogP contribution < -0.4 is 0 Å². The number of carbonyl (C=O) groups is 1. The third-order valence-corrected chi connectivity index (χ3v) is 7.95. The zero-order valence-corrected chi connectivity index (χ0v) is 21.4. The van der Waals surface area contributed by atoms with Crippen LogP contribution in [0, 0.1) is 5.82 Å². The monoisotopic (exact) mass is 553 g/mol. The maximum Gasteiger partial charge on any atom is 0.416 e. The highest BCUT2D eigenvalue weighted by Crippen LogP contribution is 2.29. The van der Waals surface area contributed by atoms with Gasteiger partial charge in [0.05, 0.1) is 42.4 Å². The van der Waals surface area contributed by atoms with Gasteiger partial charge in [-0.2, -0.15) is 13.2 Å². The van der Waals surface area contributed by atoms with E-state index in [1.54, 1.807) is 13.0 Å². The quantitative estimate of drug-likeness (QED) is 0.354. The lowest BCUT2D eigenvalue weighted by Gasteiger charge is -2.23. The summed E-state index contributed by atoms with van der Waals surface area (Å²) in [7, 11) is -4.07. The molecular formula is C26H27F4N3O4S. The van der Waals surface area contributed by atoms with E-state index in [-0.39, 0.29) is 42.0 Å². The van der Waals surface area contributed by atoms with E-state index in [9.17, 15) is 30.8 Å². The van der Waals surface area contributed by atoms with Crippen molar-refractivity contribution >= 4 is 15.7 Å². The summed E-state index contributed by atoms with van der Waals surface area (Å²) in [5, 5.41) is -0.260. The van der Waals surface area contributed by atoms with Crippen molar-refractivity contribution in [2.45, 2.75) is 56.0 Å². The third kappa shape index (κ3) is 6.24. The van der Waals surface area contributed by atoms with E-state index in [1.807, 2.05) is 0 Å². The topological polar surface area (TPSA) is 81.5 Å². The Bertz CT molecular complexity index is 1380. The number of ether oxygens (including phenoxy) is 1. The molecule has 3 aromatic rings. The van der Waals surface area contributed by atoms with Gasteiger partial charge >= 0.3 is 6.18 Å². The van der Waals surface area contributed by atoms with E-state index in [0.717, 1.165) is 30.7 Å². The number of benzene rings is 2. The van der Waals surface area contributed by atoms with E-state index in [0.29, 0.717) is 18.7 Å². The maximum atomic E-state index is 14.2. The van der Waals surface area contributed by atoms with Crippen LogP contribution in [0.15, 0.2) is 59.9 Å². The van der Waals surface area contributed by atoms with Gasteiger partial charge in [-0.15, -0.1) is 0 Å². The Morgan fingerprint density at radius 3 is 2.47 bits per heavy atom. The molecule has 7 nitrogen and oxygen atoms in total. The molecule has 1 amide bonds. The first-order valence-corrected chi connectivity index (χ1v) is 13.7. The fourth-order valence-electron chi connectivity index (χ4n) is 4.35. The Hall–Kier alpha value is -3.25. The van der Waals surface area contributed by atoms with E-state index < -0.39 is 39.1 Å². The van der Waals surface area contributed by atoms with Crippen molar-refractivity contribution in [2.24, 2.45) is 0 Å². The van der Waals surface area contributed by atoms with Gasteiger partial charge in [0.1, 0.15) is 5.82 Å². The minimum absolute atomic E-state index is 0.00776. The van der Waals surface area contributed by atoms with Crippen LogP contribution in [0.2, 0.25) is 0 Å². The molecule has 1 aromatic heterocycles. The molecule has 1 aliphatic heterocycles. The molecule has 1 saturated heterocycles. The molecule has 2 aromatic carbocycles. The number of carbonyl (C=O) groups excluding carboxylic acids is 1. The lowest BCUT2D eigenvalue weighted by molar-refractivity contribution is -0.137. The third-order valence-electron chi connectivity index (χ3n) is 6.37. The summed E-state index contributed by atoms with van der Waals surface area (Å²) in [6.45, 7) is 2.60. The molecule has 0 bridgehead atoms. The van der Waals surface area contributed by atoms with Gasteiger partial charge in [-0.25, -0.2) is 17.8 Å². The molecule has 12 heteroatoms. The minimum atomic E-state index is -4.52. The Morgan fingerprint density at radius 1 is 1.16 bits per heavy atom. The second kappa shape index (κ2) is 11.2. The normalized spacial score (nSPS) is 16.1. The molecule has 0 radical (unpaired) electrons. The molecule has 38 heavy (non-hydrogen) atoms. The van der Waals surface area contributed by atoms with Crippen LogP contribution in [-0.4, -0.2) is 48.0 Å². The number of imidazole rings is 1. The first-order valence-electron chi connectivity index (χ1n) is 12.1. The minimum Gasteiger partial charge on any atom is -0.376 e. The van der Waals surface area contributed by atoms with Gasteiger partial charge in [-0.3, -0.25) is 4.79 Å². The first-order chi connectivity index (χ1) is 18.0. The molecule has 1 fully saturated rings. The Balaban J connectivity index is 1.63. The number of alkyl halides is 3. The largest absolute Gasteiger partial charge is 0.416 e. The summed E-state index contributed by atoms with van der Waals surface area (Å²) >= 11 is 0. The zero-order chi connectivity index (χ0) is 27.5. The number of halogens is 4. The summed E-state index contributed by atoms with van der Waals surface area (Å²) in [5.41, 5.74) is -0.378. The van der Waals surface area contributed by atoms with Crippen LogP contribution in [-0.2, 0) is 39.6 Å². The molecule has 1 aliphatic rings. The van der Waals surface area contributed by atoms with Crippen LogP contribution >= 0.6 is 0 Å². The Labute approximate surface area is 218 Å². The molecule has 0 spiro atoms.